The Kier molecular flexibility index (Phi) is 11.3. The SMILES string of the molecule is Nc1ccc(OC(=O)c2cc(OC(F)=C(F)C(F)(F)C(F)(F)C(F)(F)C(F)(F)C(F)(F)C(F)(F)C(F)(F)F)cc(C(=O)Oc3ccc(N)cc3F)c2)c(F)c1. The van der Waals surface area contributed by atoms with Gasteiger partial charge in [0.2, 0.25) is 5.83 Å². The number of alkyl halides is 15. The van der Waals surface area contributed by atoms with E-state index >= 15 is 0 Å². The number of hydrogen-bond donors (Lipinski definition) is 2. The Morgan fingerprint density at radius 3 is 1.22 bits per heavy atom. The first kappa shape index (κ1) is 43.8. The number of nitrogen functional groups attached to an aromatic ring is 2. The third-order valence-electron chi connectivity index (χ3n) is 6.68. The van der Waals surface area contributed by atoms with E-state index < -0.39 is 105 Å². The number of carbonyl (C=O) groups excluding carboxylic acids is 2. The van der Waals surface area contributed by atoms with Crippen LogP contribution in [-0.2, 0) is 0 Å². The summed E-state index contributed by atoms with van der Waals surface area (Å²) in [6, 6.07) is 0.863. The predicted octanol–water partition coefficient (Wildman–Crippen LogP) is 9.43. The maximum absolute atomic E-state index is 14.6. The van der Waals surface area contributed by atoms with Gasteiger partial charge in [-0.1, -0.05) is 0 Å². The molecule has 0 aliphatic rings. The van der Waals surface area contributed by atoms with Gasteiger partial charge in [-0.25, -0.2) is 18.4 Å². The van der Waals surface area contributed by atoms with Crippen molar-refractivity contribution in [3.63, 3.8) is 0 Å². The van der Waals surface area contributed by atoms with Gasteiger partial charge in [0, 0.05) is 23.5 Å². The highest BCUT2D eigenvalue weighted by atomic mass is 19.4. The summed E-state index contributed by atoms with van der Waals surface area (Å²) in [5, 5.41) is 0. The molecule has 0 unspecified atom stereocenters. The molecule has 0 heterocycles. The summed E-state index contributed by atoms with van der Waals surface area (Å²) in [5.74, 6) is -65.9. The van der Waals surface area contributed by atoms with Gasteiger partial charge in [-0.05, 0) is 42.5 Å². The van der Waals surface area contributed by atoms with Crippen LogP contribution in [0.5, 0.6) is 17.2 Å². The van der Waals surface area contributed by atoms with E-state index in [1.54, 1.807) is 0 Å². The van der Waals surface area contributed by atoms with E-state index in [0.717, 1.165) is 12.1 Å². The van der Waals surface area contributed by atoms with Crippen LogP contribution in [-0.4, -0.2) is 53.7 Å². The molecule has 3 rings (SSSR count). The number of allylic oxidation sites excluding steroid dienone is 1. The molecule has 4 N–H and O–H groups in total. The van der Waals surface area contributed by atoms with Crippen molar-refractivity contribution >= 4 is 23.3 Å². The predicted molar refractivity (Wildman–Crippen MR) is 144 cm³/mol. The Morgan fingerprint density at radius 1 is 0.491 bits per heavy atom. The second-order valence-corrected chi connectivity index (χ2v) is 10.5. The molecule has 3 aromatic rings. The first-order valence-electron chi connectivity index (χ1n) is 13.5. The molecule has 0 radical (unpaired) electrons. The van der Waals surface area contributed by atoms with Crippen molar-refractivity contribution in [2.24, 2.45) is 0 Å². The van der Waals surface area contributed by atoms with Gasteiger partial charge in [0.15, 0.2) is 23.1 Å². The van der Waals surface area contributed by atoms with Gasteiger partial charge in [-0.2, -0.15) is 74.6 Å². The molecule has 55 heavy (non-hydrogen) atoms. The molecular formula is C29H13F19N2O5. The van der Waals surface area contributed by atoms with Crippen molar-refractivity contribution in [2.75, 3.05) is 11.5 Å². The van der Waals surface area contributed by atoms with Crippen LogP contribution >= 0.6 is 0 Å². The van der Waals surface area contributed by atoms with E-state index in [1.165, 1.54) is 0 Å². The molecule has 0 aliphatic heterocycles. The van der Waals surface area contributed by atoms with Gasteiger partial charge in [-0.3, -0.25) is 0 Å². The molecule has 0 fully saturated rings. The summed E-state index contributed by atoms with van der Waals surface area (Å²) in [6.07, 6.45) is -7.92. The van der Waals surface area contributed by atoms with Crippen LogP contribution in [0.1, 0.15) is 20.7 Å². The quantitative estimate of drug-likeness (QED) is 0.0615. The van der Waals surface area contributed by atoms with Crippen molar-refractivity contribution in [3.8, 4) is 17.2 Å². The molecule has 3 aromatic carbocycles. The smallest absolute Gasteiger partial charge is 0.430 e. The maximum Gasteiger partial charge on any atom is 0.460 e. The van der Waals surface area contributed by atoms with Gasteiger partial charge in [0.05, 0.1) is 11.1 Å². The number of benzene rings is 3. The lowest BCUT2D eigenvalue weighted by atomic mass is 9.91. The second kappa shape index (κ2) is 14.2. The molecule has 0 aliphatic carbocycles. The second-order valence-electron chi connectivity index (χ2n) is 10.5. The zero-order chi connectivity index (χ0) is 42.5. The zero-order valence-corrected chi connectivity index (χ0v) is 25.6. The van der Waals surface area contributed by atoms with Gasteiger partial charge >= 0.3 is 59.7 Å². The van der Waals surface area contributed by atoms with Crippen LogP contribution in [0.25, 0.3) is 0 Å². The number of esters is 2. The number of carbonyl (C=O) groups is 2. The van der Waals surface area contributed by atoms with Gasteiger partial charge in [0.25, 0.3) is 0 Å². The number of rotatable bonds is 12. The van der Waals surface area contributed by atoms with Crippen LogP contribution in [0.4, 0.5) is 94.8 Å². The Morgan fingerprint density at radius 2 is 0.855 bits per heavy atom. The van der Waals surface area contributed by atoms with Crippen molar-refractivity contribution < 1.29 is 107 Å². The Labute approximate surface area is 290 Å². The average Bonchev–Trinajstić information content (AvgIpc) is 3.05. The van der Waals surface area contributed by atoms with E-state index in [4.69, 9.17) is 11.5 Å². The first-order valence-corrected chi connectivity index (χ1v) is 13.5. The Hall–Kier alpha value is -5.59. The summed E-state index contributed by atoms with van der Waals surface area (Å²) in [6.45, 7) is 0. The van der Waals surface area contributed by atoms with Crippen molar-refractivity contribution in [1.29, 1.82) is 0 Å². The number of anilines is 2. The summed E-state index contributed by atoms with van der Waals surface area (Å²) in [4.78, 5) is 25.4. The number of halogens is 19. The minimum atomic E-state index is -8.83. The average molecular weight is 830 g/mol. The summed E-state index contributed by atoms with van der Waals surface area (Å²) < 4.78 is 273. The number of hydrogen-bond acceptors (Lipinski definition) is 7. The normalized spacial score (nSPS) is 13.9. The zero-order valence-electron chi connectivity index (χ0n) is 25.6. The fourth-order valence-corrected chi connectivity index (χ4v) is 3.79. The molecule has 0 bridgehead atoms. The monoisotopic (exact) mass is 830 g/mol. The molecule has 0 amide bonds. The van der Waals surface area contributed by atoms with Crippen LogP contribution in [0.15, 0.2) is 66.4 Å². The Bertz CT molecular complexity index is 1930. The molecule has 0 saturated carbocycles. The van der Waals surface area contributed by atoms with E-state index in [0.29, 0.717) is 30.3 Å². The maximum atomic E-state index is 14.6. The molecular weight excluding hydrogens is 817 g/mol. The lowest BCUT2D eigenvalue weighted by Crippen LogP contribution is -2.72. The van der Waals surface area contributed by atoms with Gasteiger partial charge in [0.1, 0.15) is 5.75 Å². The van der Waals surface area contributed by atoms with Crippen LogP contribution in [0, 0.1) is 11.6 Å². The van der Waals surface area contributed by atoms with E-state index in [-0.39, 0.29) is 23.5 Å². The minimum absolute atomic E-state index is 0.00376. The largest absolute Gasteiger partial charge is 0.460 e. The van der Waals surface area contributed by atoms with E-state index in [2.05, 4.69) is 14.2 Å². The lowest BCUT2D eigenvalue weighted by Gasteiger charge is -2.41. The summed E-state index contributed by atoms with van der Waals surface area (Å²) in [7, 11) is 0. The lowest BCUT2D eigenvalue weighted by molar-refractivity contribution is -0.451. The molecule has 302 valence electrons. The van der Waals surface area contributed by atoms with Gasteiger partial charge in [-0.15, -0.1) is 0 Å². The van der Waals surface area contributed by atoms with Gasteiger partial charge < -0.3 is 25.7 Å². The topological polar surface area (TPSA) is 114 Å². The third-order valence-corrected chi connectivity index (χ3v) is 6.68. The standard InChI is InChI=1S/C29H13F19N2O5/c30-15-8-12(49)1-3-17(15)54-21(51)10-5-11(22(52)55-18-4-2-13(50)9-16(18)31)7-14(6-10)53-20(33)19(32)23(34,35)24(36,37)25(38,39)26(40,41)27(42,43)28(44,45)29(46,47)48/h1-9H,49-50H2. The van der Waals surface area contributed by atoms with E-state index in [9.17, 15) is 93.0 Å². The van der Waals surface area contributed by atoms with Crippen molar-refractivity contribution in [1.82, 2.24) is 0 Å². The fourth-order valence-electron chi connectivity index (χ4n) is 3.79. The first-order chi connectivity index (χ1) is 24.7. The highest BCUT2D eigenvalue weighted by molar-refractivity contribution is 5.97. The van der Waals surface area contributed by atoms with Crippen molar-refractivity contribution in [3.05, 3.63) is 89.2 Å². The van der Waals surface area contributed by atoms with Crippen LogP contribution < -0.4 is 25.7 Å². The molecule has 0 saturated heterocycles. The minimum Gasteiger partial charge on any atom is -0.430 e. The summed E-state index contributed by atoms with van der Waals surface area (Å²) >= 11 is 0. The van der Waals surface area contributed by atoms with Crippen LogP contribution in [0.3, 0.4) is 0 Å². The molecule has 0 atom stereocenters. The summed E-state index contributed by atoms with van der Waals surface area (Å²) in [5.41, 5.74) is 7.70. The fraction of sp³-hybridized carbons (Fsp3) is 0.241. The van der Waals surface area contributed by atoms with Crippen molar-refractivity contribution in [2.45, 2.75) is 41.7 Å². The highest BCUT2D eigenvalue weighted by Crippen LogP contribution is 2.63. The molecule has 26 heteroatoms. The number of ether oxygens (including phenoxy) is 3. The van der Waals surface area contributed by atoms with Crippen LogP contribution in [0.2, 0.25) is 0 Å². The highest BCUT2D eigenvalue weighted by Gasteiger charge is 2.94. The van der Waals surface area contributed by atoms with E-state index in [1.807, 2.05) is 0 Å². The Balaban J connectivity index is 2.12. The molecule has 7 nitrogen and oxygen atoms in total. The number of nitrogens with two attached hydrogens (primary N) is 2. The molecule has 0 aromatic heterocycles. The third kappa shape index (κ3) is 7.69. The molecule has 0 spiro atoms.